The third-order valence-electron chi connectivity index (χ3n) is 13.2. The molecule has 1 saturated heterocycles. The number of rotatable bonds is 50. The van der Waals surface area contributed by atoms with Gasteiger partial charge in [-0.1, -0.05) is 203 Å². The molecule has 0 aliphatic carbocycles. The molecule has 1 heterocycles. The number of carbonyl (C=O) groups is 4. The van der Waals surface area contributed by atoms with E-state index in [1.165, 1.54) is 70.6 Å². The topological polar surface area (TPSA) is 175 Å². The van der Waals surface area contributed by atoms with Crippen LogP contribution in [0.5, 0.6) is 0 Å². The van der Waals surface area contributed by atoms with Gasteiger partial charge in [-0.15, -0.1) is 0 Å². The molecule has 6 unspecified atom stereocenters. The Hall–Kier alpha value is -3.84. The van der Waals surface area contributed by atoms with Crippen LogP contribution < -0.4 is 0 Å². The zero-order chi connectivity index (χ0) is 54.7. The lowest BCUT2D eigenvalue weighted by atomic mass is 9.98. The van der Waals surface area contributed by atoms with Crippen LogP contribution in [-0.4, -0.2) is 89.2 Å². The zero-order valence-electron chi connectivity index (χ0n) is 47.3. The first-order valence-corrected chi connectivity index (χ1v) is 29.9. The van der Waals surface area contributed by atoms with Crippen LogP contribution >= 0.6 is 0 Å². The van der Waals surface area contributed by atoms with Crippen LogP contribution in [0.4, 0.5) is 0 Å². The van der Waals surface area contributed by atoms with Crippen LogP contribution in [-0.2, 0) is 42.9 Å². The molecule has 6 atom stereocenters. The minimum Gasteiger partial charge on any atom is -0.479 e. The monoisotopic (exact) mass is 1050 g/mol. The smallest absolute Gasteiger partial charge is 0.335 e. The molecule has 12 heteroatoms. The van der Waals surface area contributed by atoms with Gasteiger partial charge in [0, 0.05) is 19.3 Å². The van der Waals surface area contributed by atoms with Gasteiger partial charge in [0.1, 0.15) is 18.8 Å². The summed E-state index contributed by atoms with van der Waals surface area (Å²) in [4.78, 5) is 51.1. The number of aliphatic hydroxyl groups excluding tert-OH is 2. The Morgan fingerprint density at radius 3 is 1.33 bits per heavy atom. The zero-order valence-corrected chi connectivity index (χ0v) is 47.3. The molecular weight excluding hydrogens is 949 g/mol. The molecule has 0 radical (unpaired) electrons. The summed E-state index contributed by atoms with van der Waals surface area (Å²) in [6, 6.07) is 0. The molecule has 1 aliphatic heterocycles. The van der Waals surface area contributed by atoms with E-state index in [2.05, 4.69) is 93.7 Å². The Morgan fingerprint density at radius 2 is 0.853 bits per heavy atom. The molecular formula is C63H106O12. The number of ether oxygens (including phenoxy) is 5. The molecule has 1 fully saturated rings. The molecule has 12 nitrogen and oxygen atoms in total. The number of carboxylic acid groups (broad SMARTS) is 1. The minimum absolute atomic E-state index is 0.0510. The molecule has 0 aromatic heterocycles. The van der Waals surface area contributed by atoms with E-state index in [9.17, 15) is 34.5 Å². The normalized spacial score (nSPS) is 18.7. The van der Waals surface area contributed by atoms with Crippen molar-refractivity contribution in [3.63, 3.8) is 0 Å². The number of aliphatic carboxylic acids is 1. The maximum Gasteiger partial charge on any atom is 0.335 e. The molecule has 0 spiro atoms. The van der Waals surface area contributed by atoms with Crippen molar-refractivity contribution in [2.45, 2.75) is 289 Å². The molecule has 430 valence electrons. The van der Waals surface area contributed by atoms with Crippen LogP contribution in [0.25, 0.3) is 0 Å². The lowest BCUT2D eigenvalue weighted by Crippen LogP contribution is -2.61. The number of carbonyl (C=O) groups excluding carboxylic acids is 3. The summed E-state index contributed by atoms with van der Waals surface area (Å²) >= 11 is 0. The molecule has 1 aliphatic rings. The van der Waals surface area contributed by atoms with E-state index in [0.29, 0.717) is 19.3 Å². The Balaban J connectivity index is 2.68. The number of unbranched alkanes of at least 4 members (excludes halogenated alkanes) is 24. The van der Waals surface area contributed by atoms with Gasteiger partial charge in [0.15, 0.2) is 24.6 Å². The number of esters is 3. The highest BCUT2D eigenvalue weighted by Gasteiger charge is 2.50. The first kappa shape index (κ1) is 69.2. The van der Waals surface area contributed by atoms with E-state index in [0.717, 1.165) is 122 Å². The fourth-order valence-electron chi connectivity index (χ4n) is 8.63. The van der Waals surface area contributed by atoms with E-state index in [-0.39, 0.29) is 25.9 Å². The minimum atomic E-state index is -1.91. The average Bonchev–Trinajstić information content (AvgIpc) is 3.39. The third kappa shape index (κ3) is 41.0. The molecule has 0 amide bonds. The van der Waals surface area contributed by atoms with E-state index in [1.807, 2.05) is 0 Å². The average molecular weight is 1060 g/mol. The Morgan fingerprint density at radius 1 is 0.453 bits per heavy atom. The van der Waals surface area contributed by atoms with Crippen molar-refractivity contribution in [2.75, 3.05) is 13.2 Å². The summed E-state index contributed by atoms with van der Waals surface area (Å²) in [5.41, 5.74) is 0. The summed E-state index contributed by atoms with van der Waals surface area (Å²) in [6.07, 6.45) is 51.6. The van der Waals surface area contributed by atoms with Gasteiger partial charge in [-0.2, -0.15) is 0 Å². The third-order valence-corrected chi connectivity index (χ3v) is 13.2. The fraction of sp³-hybridized carbons (Fsp3) is 0.746. The number of hydrogen-bond acceptors (Lipinski definition) is 11. The van der Waals surface area contributed by atoms with Gasteiger partial charge in [0.05, 0.1) is 6.61 Å². The van der Waals surface area contributed by atoms with Crippen LogP contribution in [0.3, 0.4) is 0 Å². The summed E-state index contributed by atoms with van der Waals surface area (Å²) in [5, 5.41) is 31.5. The maximum absolute atomic E-state index is 13.1. The highest BCUT2D eigenvalue weighted by atomic mass is 16.7. The first-order chi connectivity index (χ1) is 36.6. The Bertz CT molecular complexity index is 1580. The molecule has 0 aromatic rings. The predicted octanol–water partition coefficient (Wildman–Crippen LogP) is 15.3. The lowest BCUT2D eigenvalue weighted by molar-refractivity contribution is -0.301. The number of aliphatic hydroxyl groups is 2. The number of hydrogen-bond donors (Lipinski definition) is 3. The summed E-state index contributed by atoms with van der Waals surface area (Å²) < 4.78 is 28.4. The Kier molecular flexibility index (Phi) is 47.0. The number of allylic oxidation sites excluding steroid dienone is 12. The highest BCUT2D eigenvalue weighted by molar-refractivity contribution is 5.74. The first-order valence-electron chi connectivity index (χ1n) is 29.9. The second-order valence-electron chi connectivity index (χ2n) is 20.2. The van der Waals surface area contributed by atoms with Crippen molar-refractivity contribution in [1.29, 1.82) is 0 Å². The second kappa shape index (κ2) is 50.9. The summed E-state index contributed by atoms with van der Waals surface area (Å²) in [6.45, 7) is 5.81. The predicted molar refractivity (Wildman–Crippen MR) is 303 cm³/mol. The van der Waals surface area contributed by atoms with Crippen LogP contribution in [0, 0.1) is 0 Å². The lowest BCUT2D eigenvalue weighted by Gasteiger charge is -2.40. The fourth-order valence-corrected chi connectivity index (χ4v) is 8.63. The summed E-state index contributed by atoms with van der Waals surface area (Å²) in [7, 11) is 0. The van der Waals surface area contributed by atoms with Crippen LogP contribution in [0.1, 0.15) is 252 Å². The van der Waals surface area contributed by atoms with Gasteiger partial charge < -0.3 is 39.0 Å². The van der Waals surface area contributed by atoms with Crippen molar-refractivity contribution in [3.05, 3.63) is 72.9 Å². The molecule has 0 aromatic carbocycles. The van der Waals surface area contributed by atoms with E-state index < -0.39 is 67.3 Å². The van der Waals surface area contributed by atoms with Gasteiger partial charge in [-0.25, -0.2) is 4.79 Å². The second-order valence-corrected chi connectivity index (χ2v) is 20.2. The molecule has 3 N–H and O–H groups in total. The van der Waals surface area contributed by atoms with Crippen LogP contribution in [0.15, 0.2) is 72.9 Å². The standard InChI is InChI=1S/C63H106O12/c1-4-7-10-13-16-19-22-24-26-28-30-32-35-37-40-43-46-49-55(64)71-52-54(73-56(65)50-47-44-41-38-34-21-18-15-12-9-6-3)53-72-63-61(59(68)58(67)60(75-63)62(69)70)74-57(66)51-48-45-42-39-36-33-31-29-27-25-23-20-17-14-11-8-5-2/h7,10,15-16,18-19,24-27,30,32,54,58-61,63,67-68H,4-6,8-9,11-14,17,20-23,28-29,31,33-53H2,1-3H3,(H,69,70)/b10-7-,18-15-,19-16-,26-24-,27-25-,32-30-. The maximum atomic E-state index is 13.1. The van der Waals surface area contributed by atoms with Crippen molar-refractivity contribution in [3.8, 4) is 0 Å². The molecule has 75 heavy (non-hydrogen) atoms. The summed E-state index contributed by atoms with van der Waals surface area (Å²) in [5.74, 6) is -3.17. The highest BCUT2D eigenvalue weighted by Crippen LogP contribution is 2.26. The van der Waals surface area contributed by atoms with Crippen molar-refractivity contribution in [2.24, 2.45) is 0 Å². The molecule has 0 bridgehead atoms. The van der Waals surface area contributed by atoms with Crippen LogP contribution in [0.2, 0.25) is 0 Å². The Labute approximate surface area is 455 Å². The molecule has 1 rings (SSSR count). The van der Waals surface area contributed by atoms with E-state index in [4.69, 9.17) is 23.7 Å². The van der Waals surface area contributed by atoms with Gasteiger partial charge in [-0.05, 0) is 103 Å². The quantitative estimate of drug-likeness (QED) is 0.0228. The van der Waals surface area contributed by atoms with Gasteiger partial charge in [-0.3, -0.25) is 14.4 Å². The van der Waals surface area contributed by atoms with E-state index >= 15 is 0 Å². The largest absolute Gasteiger partial charge is 0.479 e. The number of carboxylic acids is 1. The molecule has 0 saturated carbocycles. The van der Waals surface area contributed by atoms with Crippen molar-refractivity contribution < 1.29 is 58.2 Å². The van der Waals surface area contributed by atoms with Gasteiger partial charge >= 0.3 is 23.9 Å². The van der Waals surface area contributed by atoms with E-state index in [1.54, 1.807) is 0 Å². The van der Waals surface area contributed by atoms with Gasteiger partial charge in [0.2, 0.25) is 0 Å². The van der Waals surface area contributed by atoms with Crippen molar-refractivity contribution >= 4 is 23.9 Å². The van der Waals surface area contributed by atoms with Crippen molar-refractivity contribution in [1.82, 2.24) is 0 Å². The van der Waals surface area contributed by atoms with Gasteiger partial charge in [0.25, 0.3) is 0 Å². The SMILES string of the molecule is CC/C=C\C/C=C\C/C=C\C/C=C\CCCCCCC(=O)OCC(COC1OC(C(=O)O)C(O)C(O)C1OC(=O)CCCCCCCCC/C=C\CCCCCCCC)OC(=O)CCCCCCC/C=C\CCCC.